The van der Waals surface area contributed by atoms with Crippen LogP contribution in [0.5, 0.6) is 5.75 Å². The molecule has 0 fully saturated rings. The second-order valence-corrected chi connectivity index (χ2v) is 5.33. The van der Waals surface area contributed by atoms with Gasteiger partial charge in [-0.25, -0.2) is 0 Å². The van der Waals surface area contributed by atoms with E-state index in [4.69, 9.17) is 9.47 Å². The number of esters is 1. The fourth-order valence-electron chi connectivity index (χ4n) is 1.96. The summed E-state index contributed by atoms with van der Waals surface area (Å²) in [4.78, 5) is 13.7. The number of hydrogen-bond donors (Lipinski definition) is 0. The molecule has 4 nitrogen and oxygen atoms in total. The highest BCUT2D eigenvalue weighted by atomic mass is 79.9. The normalized spacial score (nSPS) is 10.7. The predicted molar refractivity (Wildman–Crippen MR) is 82.9 cm³/mol. The Kier molecular flexibility index (Phi) is 7.62. The number of ether oxygens (including phenoxy) is 2. The Bertz CT molecular complexity index is 437. The number of benzene rings is 1. The summed E-state index contributed by atoms with van der Waals surface area (Å²) >= 11 is 3.54. The average molecular weight is 344 g/mol. The number of halogens is 1. The Morgan fingerprint density at radius 3 is 2.70 bits per heavy atom. The fraction of sp³-hybridized carbons (Fsp3) is 0.533. The summed E-state index contributed by atoms with van der Waals surface area (Å²) in [5.74, 6) is 0.635. The highest BCUT2D eigenvalue weighted by Crippen LogP contribution is 2.23. The molecule has 0 aliphatic carbocycles. The highest BCUT2D eigenvalue weighted by molar-refractivity contribution is 9.10. The van der Waals surface area contributed by atoms with Crippen molar-refractivity contribution < 1.29 is 14.3 Å². The lowest BCUT2D eigenvalue weighted by Crippen LogP contribution is -2.31. The molecule has 1 aromatic carbocycles. The van der Waals surface area contributed by atoms with Gasteiger partial charge in [-0.2, -0.15) is 0 Å². The van der Waals surface area contributed by atoms with Crippen molar-refractivity contribution in [3.8, 4) is 5.75 Å². The molecule has 0 saturated heterocycles. The Hall–Kier alpha value is -1.07. The van der Waals surface area contributed by atoms with Crippen molar-refractivity contribution in [3.05, 3.63) is 28.2 Å². The molecule has 0 N–H and O–H groups in total. The topological polar surface area (TPSA) is 38.8 Å². The Morgan fingerprint density at radius 1 is 1.35 bits per heavy atom. The van der Waals surface area contributed by atoms with Crippen LogP contribution in [0.4, 0.5) is 0 Å². The van der Waals surface area contributed by atoms with Crippen molar-refractivity contribution in [1.82, 2.24) is 4.90 Å². The minimum absolute atomic E-state index is 0.181. The maximum atomic E-state index is 11.6. The predicted octanol–water partition coefficient (Wildman–Crippen LogP) is 3.23. The third kappa shape index (κ3) is 5.51. The van der Waals surface area contributed by atoms with E-state index in [1.165, 1.54) is 0 Å². The number of methoxy groups -OCH3 is 1. The van der Waals surface area contributed by atoms with Crippen molar-refractivity contribution in [1.29, 1.82) is 0 Å². The lowest BCUT2D eigenvalue weighted by atomic mass is 10.2. The molecule has 0 aromatic heterocycles. The van der Waals surface area contributed by atoms with E-state index in [1.807, 2.05) is 25.1 Å². The zero-order valence-electron chi connectivity index (χ0n) is 12.3. The minimum atomic E-state index is -0.181. The molecule has 112 valence electrons. The number of carbonyl (C=O) groups is 1. The van der Waals surface area contributed by atoms with Crippen LogP contribution in [0.3, 0.4) is 0 Å². The molecule has 0 radical (unpaired) electrons. The van der Waals surface area contributed by atoms with E-state index in [-0.39, 0.29) is 5.97 Å². The second kappa shape index (κ2) is 8.97. The van der Waals surface area contributed by atoms with E-state index in [9.17, 15) is 4.79 Å². The maximum Gasteiger partial charge on any atom is 0.320 e. The van der Waals surface area contributed by atoms with E-state index in [2.05, 4.69) is 27.8 Å². The first-order valence-corrected chi connectivity index (χ1v) is 7.60. The summed E-state index contributed by atoms with van der Waals surface area (Å²) in [6.45, 7) is 6.18. The second-order valence-electron chi connectivity index (χ2n) is 4.47. The molecule has 0 atom stereocenters. The number of nitrogens with zero attached hydrogens (tertiary/aromatic N) is 1. The van der Waals surface area contributed by atoms with E-state index in [1.54, 1.807) is 7.11 Å². The molecule has 0 aliphatic heterocycles. The van der Waals surface area contributed by atoms with Gasteiger partial charge in [0.05, 0.1) is 20.3 Å². The van der Waals surface area contributed by atoms with Crippen LogP contribution >= 0.6 is 15.9 Å². The van der Waals surface area contributed by atoms with Gasteiger partial charge in [0.15, 0.2) is 0 Å². The molecule has 0 bridgehead atoms. The highest BCUT2D eigenvalue weighted by Gasteiger charge is 2.13. The van der Waals surface area contributed by atoms with E-state index in [0.717, 1.165) is 28.8 Å². The van der Waals surface area contributed by atoms with Gasteiger partial charge in [-0.05, 0) is 43.7 Å². The first-order valence-electron chi connectivity index (χ1n) is 6.81. The van der Waals surface area contributed by atoms with Crippen LogP contribution in [-0.4, -0.2) is 37.7 Å². The van der Waals surface area contributed by atoms with Crippen molar-refractivity contribution in [3.63, 3.8) is 0 Å². The molecule has 20 heavy (non-hydrogen) atoms. The molecule has 0 unspecified atom stereocenters. The number of hydrogen-bond acceptors (Lipinski definition) is 4. The van der Waals surface area contributed by atoms with Crippen LogP contribution in [0.1, 0.15) is 25.8 Å². The number of rotatable bonds is 8. The van der Waals surface area contributed by atoms with Crippen LogP contribution in [0.15, 0.2) is 22.7 Å². The van der Waals surface area contributed by atoms with E-state index >= 15 is 0 Å². The Morgan fingerprint density at radius 2 is 2.10 bits per heavy atom. The van der Waals surface area contributed by atoms with Gasteiger partial charge >= 0.3 is 5.97 Å². The molecule has 1 aromatic rings. The van der Waals surface area contributed by atoms with Gasteiger partial charge in [0.2, 0.25) is 0 Å². The third-order valence-corrected chi connectivity index (χ3v) is 3.62. The lowest BCUT2D eigenvalue weighted by Gasteiger charge is -2.21. The van der Waals surface area contributed by atoms with Gasteiger partial charge in [0, 0.05) is 11.0 Å². The molecule has 0 amide bonds. The SMILES string of the molecule is CCCN(CC(=O)OCC)Cc1cc(OC)ccc1Br. The van der Waals surface area contributed by atoms with Crippen molar-refractivity contribution in [2.24, 2.45) is 0 Å². The number of carbonyl (C=O) groups excluding carboxylic acids is 1. The molecule has 0 spiro atoms. The summed E-state index contributed by atoms with van der Waals surface area (Å²) in [6.07, 6.45) is 0.987. The molecule has 5 heteroatoms. The third-order valence-electron chi connectivity index (χ3n) is 2.84. The van der Waals surface area contributed by atoms with Crippen LogP contribution in [0.2, 0.25) is 0 Å². The first-order chi connectivity index (χ1) is 9.60. The van der Waals surface area contributed by atoms with Crippen molar-refractivity contribution in [2.75, 3.05) is 26.8 Å². The molecular formula is C15H22BrNO3. The fourth-order valence-corrected chi connectivity index (χ4v) is 2.33. The summed E-state index contributed by atoms with van der Waals surface area (Å²) in [7, 11) is 1.65. The zero-order valence-corrected chi connectivity index (χ0v) is 13.9. The van der Waals surface area contributed by atoms with Gasteiger partial charge in [-0.3, -0.25) is 9.69 Å². The standard InChI is InChI=1S/C15H22BrNO3/c1-4-8-17(11-15(18)20-5-2)10-12-9-13(19-3)6-7-14(12)16/h6-7,9H,4-5,8,10-11H2,1-3H3. The Balaban J connectivity index is 2.76. The van der Waals surface area contributed by atoms with Crippen LogP contribution in [-0.2, 0) is 16.1 Å². The summed E-state index contributed by atoms with van der Waals surface area (Å²) in [5.41, 5.74) is 1.10. The quantitative estimate of drug-likeness (QED) is 0.679. The van der Waals surface area contributed by atoms with E-state index in [0.29, 0.717) is 19.7 Å². The van der Waals surface area contributed by atoms with Crippen LogP contribution in [0, 0.1) is 0 Å². The van der Waals surface area contributed by atoms with Crippen LogP contribution in [0.25, 0.3) is 0 Å². The van der Waals surface area contributed by atoms with Gasteiger partial charge < -0.3 is 9.47 Å². The Labute approximate surface area is 129 Å². The maximum absolute atomic E-state index is 11.6. The summed E-state index contributed by atoms with van der Waals surface area (Å²) in [6, 6.07) is 5.85. The smallest absolute Gasteiger partial charge is 0.320 e. The molecule has 0 aliphatic rings. The monoisotopic (exact) mass is 343 g/mol. The van der Waals surface area contributed by atoms with Gasteiger partial charge in [-0.15, -0.1) is 0 Å². The lowest BCUT2D eigenvalue weighted by molar-refractivity contribution is -0.144. The van der Waals surface area contributed by atoms with Gasteiger partial charge in [-0.1, -0.05) is 22.9 Å². The van der Waals surface area contributed by atoms with Crippen molar-refractivity contribution in [2.45, 2.75) is 26.8 Å². The van der Waals surface area contributed by atoms with Gasteiger partial charge in [0.1, 0.15) is 5.75 Å². The average Bonchev–Trinajstić information content (AvgIpc) is 2.41. The first kappa shape index (κ1) is 17.0. The molecular weight excluding hydrogens is 322 g/mol. The summed E-state index contributed by atoms with van der Waals surface area (Å²) < 4.78 is 11.3. The molecule has 1 rings (SSSR count). The molecule has 0 heterocycles. The largest absolute Gasteiger partial charge is 0.497 e. The molecule has 0 saturated carbocycles. The summed E-state index contributed by atoms with van der Waals surface area (Å²) in [5, 5.41) is 0. The van der Waals surface area contributed by atoms with E-state index < -0.39 is 0 Å². The minimum Gasteiger partial charge on any atom is -0.497 e. The van der Waals surface area contributed by atoms with Crippen LogP contribution < -0.4 is 4.74 Å². The van der Waals surface area contributed by atoms with Crippen molar-refractivity contribution >= 4 is 21.9 Å². The van der Waals surface area contributed by atoms with Gasteiger partial charge in [0.25, 0.3) is 0 Å². The zero-order chi connectivity index (χ0) is 15.0.